The van der Waals surface area contributed by atoms with Gasteiger partial charge in [0.25, 0.3) is 0 Å². The first kappa shape index (κ1) is 10.3. The molecule has 2 N–H and O–H groups in total. The number of tetrazole rings is 1. The van der Waals surface area contributed by atoms with Gasteiger partial charge < -0.3 is 10.3 Å². The number of hydrogen-bond acceptors (Lipinski definition) is 7. The second-order valence-electron chi connectivity index (χ2n) is 4.38. The van der Waals surface area contributed by atoms with Gasteiger partial charge in [0.1, 0.15) is 12.9 Å². The van der Waals surface area contributed by atoms with E-state index in [1.807, 2.05) is 0 Å². The van der Waals surface area contributed by atoms with Crippen LogP contribution in [0.3, 0.4) is 0 Å². The molecule has 0 unspecified atom stereocenters. The van der Waals surface area contributed by atoms with Crippen molar-refractivity contribution in [3.8, 4) is 0 Å². The second kappa shape index (κ2) is 3.88. The van der Waals surface area contributed by atoms with Crippen molar-refractivity contribution in [3.05, 3.63) is 18.0 Å². The van der Waals surface area contributed by atoms with Crippen LogP contribution in [0.5, 0.6) is 0 Å². The standard InChI is InChI=1S/C9H13N7O/c10-9(3-1-2-4-9)8-12-7(17-13-8)5-16-6-11-14-15-16/h6H,1-5,10H2. The molecular weight excluding hydrogens is 222 g/mol. The number of aromatic nitrogens is 6. The van der Waals surface area contributed by atoms with Gasteiger partial charge in [-0.15, -0.1) is 5.10 Å². The first-order chi connectivity index (χ1) is 8.26. The zero-order valence-electron chi connectivity index (χ0n) is 9.28. The highest BCUT2D eigenvalue weighted by atomic mass is 16.5. The Balaban J connectivity index is 1.78. The van der Waals surface area contributed by atoms with Gasteiger partial charge in [-0.2, -0.15) is 4.98 Å². The summed E-state index contributed by atoms with van der Waals surface area (Å²) in [6.07, 6.45) is 5.56. The summed E-state index contributed by atoms with van der Waals surface area (Å²) in [6, 6.07) is 0. The van der Waals surface area contributed by atoms with Crippen molar-refractivity contribution < 1.29 is 4.52 Å². The number of nitrogens with zero attached hydrogens (tertiary/aromatic N) is 6. The number of hydrogen-bond donors (Lipinski definition) is 1. The smallest absolute Gasteiger partial charge is 0.248 e. The lowest BCUT2D eigenvalue weighted by atomic mass is 9.99. The molecule has 17 heavy (non-hydrogen) atoms. The van der Waals surface area contributed by atoms with E-state index in [0.717, 1.165) is 25.7 Å². The fraction of sp³-hybridized carbons (Fsp3) is 0.667. The van der Waals surface area contributed by atoms with Gasteiger partial charge in [-0.25, -0.2) is 4.68 Å². The average molecular weight is 235 g/mol. The van der Waals surface area contributed by atoms with E-state index < -0.39 is 5.54 Å². The minimum Gasteiger partial charge on any atom is -0.337 e. The van der Waals surface area contributed by atoms with E-state index in [1.165, 1.54) is 11.0 Å². The van der Waals surface area contributed by atoms with Gasteiger partial charge in [0, 0.05) is 0 Å². The molecule has 0 aromatic carbocycles. The lowest BCUT2D eigenvalue weighted by Crippen LogP contribution is -2.34. The summed E-state index contributed by atoms with van der Waals surface area (Å²) in [6.45, 7) is 0.371. The molecule has 3 rings (SSSR count). The van der Waals surface area contributed by atoms with Gasteiger partial charge in [-0.1, -0.05) is 18.0 Å². The normalized spacial score (nSPS) is 18.6. The molecule has 0 amide bonds. The van der Waals surface area contributed by atoms with Gasteiger partial charge in [0.2, 0.25) is 5.89 Å². The first-order valence-electron chi connectivity index (χ1n) is 5.59. The first-order valence-corrected chi connectivity index (χ1v) is 5.59. The summed E-state index contributed by atoms with van der Waals surface area (Å²) in [5, 5.41) is 14.8. The predicted octanol–water partition coefficient (Wildman–Crippen LogP) is -0.168. The molecule has 2 aromatic rings. The Morgan fingerprint density at radius 3 is 2.94 bits per heavy atom. The van der Waals surface area contributed by atoms with Crippen LogP contribution in [0.25, 0.3) is 0 Å². The van der Waals surface area contributed by atoms with Crippen LogP contribution in [0.15, 0.2) is 10.9 Å². The Morgan fingerprint density at radius 1 is 1.41 bits per heavy atom. The Morgan fingerprint density at radius 2 is 2.24 bits per heavy atom. The fourth-order valence-electron chi connectivity index (χ4n) is 2.14. The molecule has 8 nitrogen and oxygen atoms in total. The molecule has 1 aliphatic carbocycles. The van der Waals surface area contributed by atoms with Gasteiger partial charge in [0.05, 0.1) is 5.54 Å². The number of nitrogens with two attached hydrogens (primary N) is 1. The van der Waals surface area contributed by atoms with Crippen molar-refractivity contribution in [2.75, 3.05) is 0 Å². The van der Waals surface area contributed by atoms with Crippen molar-refractivity contribution in [1.82, 2.24) is 30.3 Å². The lowest BCUT2D eigenvalue weighted by Gasteiger charge is -2.17. The zero-order chi connectivity index (χ0) is 11.7. The van der Waals surface area contributed by atoms with E-state index in [2.05, 4.69) is 25.7 Å². The highest BCUT2D eigenvalue weighted by Crippen LogP contribution is 2.34. The summed E-state index contributed by atoms with van der Waals surface area (Å²) >= 11 is 0. The van der Waals surface area contributed by atoms with Gasteiger partial charge in [-0.3, -0.25) is 0 Å². The SMILES string of the molecule is NC1(c2noc(Cn3cnnn3)n2)CCCC1. The molecule has 1 fully saturated rings. The van der Waals surface area contributed by atoms with Crippen LogP contribution in [0.4, 0.5) is 0 Å². The van der Waals surface area contributed by atoms with Crippen LogP contribution in [0.1, 0.15) is 37.4 Å². The minimum atomic E-state index is -0.414. The van der Waals surface area contributed by atoms with Crippen LogP contribution in [0.2, 0.25) is 0 Å². The van der Waals surface area contributed by atoms with E-state index in [0.29, 0.717) is 18.3 Å². The highest BCUT2D eigenvalue weighted by Gasteiger charge is 2.35. The van der Waals surface area contributed by atoms with Crippen LogP contribution < -0.4 is 5.73 Å². The molecule has 90 valence electrons. The summed E-state index contributed by atoms with van der Waals surface area (Å²) in [7, 11) is 0. The summed E-state index contributed by atoms with van der Waals surface area (Å²) in [4.78, 5) is 4.32. The van der Waals surface area contributed by atoms with E-state index in [-0.39, 0.29) is 0 Å². The monoisotopic (exact) mass is 235 g/mol. The molecule has 2 aromatic heterocycles. The maximum Gasteiger partial charge on any atom is 0.248 e. The third kappa shape index (κ3) is 1.91. The Kier molecular flexibility index (Phi) is 2.36. The molecule has 0 saturated heterocycles. The Hall–Kier alpha value is -1.83. The van der Waals surface area contributed by atoms with Gasteiger partial charge >= 0.3 is 0 Å². The molecule has 0 atom stereocenters. The third-order valence-electron chi connectivity index (χ3n) is 3.10. The topological polar surface area (TPSA) is 109 Å². The zero-order valence-corrected chi connectivity index (χ0v) is 9.28. The van der Waals surface area contributed by atoms with Gasteiger partial charge in [-0.05, 0) is 23.3 Å². The molecule has 0 radical (unpaired) electrons. The average Bonchev–Trinajstić information content (AvgIpc) is 3.00. The van der Waals surface area contributed by atoms with Crippen molar-refractivity contribution in [2.24, 2.45) is 5.73 Å². The van der Waals surface area contributed by atoms with Crippen molar-refractivity contribution >= 4 is 0 Å². The summed E-state index contributed by atoms with van der Waals surface area (Å²) in [5.41, 5.74) is 5.82. The van der Waals surface area contributed by atoms with Crippen molar-refractivity contribution in [1.29, 1.82) is 0 Å². The van der Waals surface area contributed by atoms with Crippen molar-refractivity contribution in [2.45, 2.75) is 37.8 Å². The number of rotatable bonds is 3. The molecule has 2 heterocycles. The van der Waals surface area contributed by atoms with Crippen LogP contribution in [0, 0.1) is 0 Å². The molecule has 0 bridgehead atoms. The van der Waals surface area contributed by atoms with Crippen molar-refractivity contribution in [3.63, 3.8) is 0 Å². The van der Waals surface area contributed by atoms with Crippen LogP contribution >= 0.6 is 0 Å². The van der Waals surface area contributed by atoms with Crippen LogP contribution in [-0.2, 0) is 12.1 Å². The molecule has 1 aliphatic rings. The fourth-order valence-corrected chi connectivity index (χ4v) is 2.14. The molecular formula is C9H13N7O. The third-order valence-corrected chi connectivity index (χ3v) is 3.10. The van der Waals surface area contributed by atoms with E-state index >= 15 is 0 Å². The Labute approximate surface area is 97.2 Å². The molecule has 1 saturated carbocycles. The molecule has 0 aliphatic heterocycles. The molecule has 8 heteroatoms. The Bertz CT molecular complexity index is 485. The maximum absolute atomic E-state index is 6.23. The van der Waals surface area contributed by atoms with E-state index in [1.54, 1.807) is 0 Å². The van der Waals surface area contributed by atoms with Crippen LogP contribution in [-0.4, -0.2) is 30.3 Å². The maximum atomic E-state index is 6.23. The second-order valence-corrected chi connectivity index (χ2v) is 4.38. The van der Waals surface area contributed by atoms with Gasteiger partial charge in [0.15, 0.2) is 5.82 Å². The minimum absolute atomic E-state index is 0.371. The van der Waals surface area contributed by atoms with E-state index in [4.69, 9.17) is 10.3 Å². The molecule has 0 spiro atoms. The summed E-state index contributed by atoms with van der Waals surface area (Å²) < 4.78 is 6.68. The largest absolute Gasteiger partial charge is 0.337 e. The summed E-state index contributed by atoms with van der Waals surface area (Å²) in [5.74, 6) is 1.07. The predicted molar refractivity (Wildman–Crippen MR) is 55.6 cm³/mol. The van der Waals surface area contributed by atoms with E-state index in [9.17, 15) is 0 Å². The lowest BCUT2D eigenvalue weighted by molar-refractivity contribution is 0.341. The highest BCUT2D eigenvalue weighted by molar-refractivity contribution is 5.06. The quantitative estimate of drug-likeness (QED) is 0.786.